The minimum absolute atomic E-state index is 0.0398. The van der Waals surface area contributed by atoms with Crippen molar-refractivity contribution in [1.29, 1.82) is 0 Å². The number of anilines is 2. The van der Waals surface area contributed by atoms with Gasteiger partial charge in [0.1, 0.15) is 12.0 Å². The fourth-order valence-corrected chi connectivity index (χ4v) is 6.97. The molecule has 0 aliphatic carbocycles. The molecule has 1 aliphatic rings. The molecule has 0 aromatic heterocycles. The topological polar surface area (TPSA) is 83.9 Å². The van der Waals surface area contributed by atoms with E-state index < -0.39 is 27.0 Å². The van der Waals surface area contributed by atoms with Crippen LogP contribution in [0.1, 0.15) is 27.2 Å². The van der Waals surface area contributed by atoms with Crippen LogP contribution in [-0.4, -0.2) is 38.0 Å². The third-order valence-electron chi connectivity index (χ3n) is 6.31. The highest BCUT2D eigenvalue weighted by atomic mass is 32.2. The number of carboxylic acids is 1. The predicted molar refractivity (Wildman–Crippen MR) is 129 cm³/mol. The van der Waals surface area contributed by atoms with Crippen LogP contribution in [0.3, 0.4) is 0 Å². The van der Waals surface area contributed by atoms with Crippen LogP contribution in [0, 0.1) is 11.3 Å². The fourth-order valence-electron chi connectivity index (χ4n) is 4.12. The lowest BCUT2D eigenvalue weighted by molar-refractivity contribution is -0.134. The van der Waals surface area contributed by atoms with Gasteiger partial charge in [-0.15, -0.1) is 11.8 Å². The molecule has 1 heterocycles. The van der Waals surface area contributed by atoms with Crippen LogP contribution in [0.15, 0.2) is 64.3 Å². The van der Waals surface area contributed by atoms with E-state index in [0.717, 1.165) is 5.69 Å². The summed E-state index contributed by atoms with van der Waals surface area (Å²) in [5, 5.41) is 8.77. The third kappa shape index (κ3) is 5.04. The molecular weight excluding hydrogens is 465 g/mol. The Morgan fingerprint density at radius 2 is 1.97 bits per heavy atom. The lowest BCUT2D eigenvalue weighted by Gasteiger charge is -2.39. The van der Waals surface area contributed by atoms with Crippen LogP contribution in [-0.2, 0) is 14.6 Å². The van der Waals surface area contributed by atoms with E-state index in [1.54, 1.807) is 12.3 Å². The summed E-state index contributed by atoms with van der Waals surface area (Å²) in [4.78, 5) is 13.5. The van der Waals surface area contributed by atoms with Gasteiger partial charge >= 0.3 is 5.97 Å². The van der Waals surface area contributed by atoms with Gasteiger partial charge in [0.05, 0.1) is 21.2 Å². The molecule has 178 valence electrons. The number of aliphatic carboxylic acids is 1. The van der Waals surface area contributed by atoms with Crippen molar-refractivity contribution in [3.63, 3.8) is 0 Å². The maximum atomic E-state index is 13.7. The Hall–Kier alpha value is -2.52. The number of ether oxygens (including phenoxy) is 1. The summed E-state index contributed by atoms with van der Waals surface area (Å²) >= 11 is 1.30. The predicted octanol–water partition coefficient (Wildman–Crippen LogP) is 5.66. The van der Waals surface area contributed by atoms with Crippen molar-refractivity contribution in [2.24, 2.45) is 11.3 Å². The van der Waals surface area contributed by atoms with Crippen LogP contribution in [0.2, 0.25) is 0 Å². The number of thioether (sulfide) groups is 1. The van der Waals surface area contributed by atoms with Crippen LogP contribution < -0.4 is 9.64 Å². The summed E-state index contributed by atoms with van der Waals surface area (Å²) < 4.78 is 46.2. The Kier molecular flexibility index (Phi) is 7.43. The molecule has 6 nitrogen and oxygen atoms in total. The number of rotatable bonds is 7. The summed E-state index contributed by atoms with van der Waals surface area (Å²) in [5.74, 6) is -3.09. The zero-order valence-electron chi connectivity index (χ0n) is 19.0. The number of benzene rings is 2. The van der Waals surface area contributed by atoms with E-state index in [9.17, 15) is 17.6 Å². The first kappa shape index (κ1) is 25.1. The van der Waals surface area contributed by atoms with Gasteiger partial charge in [0, 0.05) is 23.7 Å². The van der Waals surface area contributed by atoms with Crippen molar-refractivity contribution in [3.05, 3.63) is 54.6 Å². The molecule has 1 unspecified atom stereocenters. The van der Waals surface area contributed by atoms with E-state index >= 15 is 0 Å². The van der Waals surface area contributed by atoms with Crippen molar-refractivity contribution in [3.8, 4) is 5.75 Å². The smallest absolute Gasteiger partial charge is 0.368 e. The quantitative estimate of drug-likeness (QED) is 0.303. The number of carbonyl (C=O) groups is 1. The molecule has 3 rings (SSSR count). The number of hydrogen-bond acceptors (Lipinski definition) is 6. The summed E-state index contributed by atoms with van der Waals surface area (Å²) in [5.41, 5.74) is 0.896. The molecule has 0 bridgehead atoms. The Morgan fingerprint density at radius 1 is 1.30 bits per heavy atom. The molecular formula is C24H28FNO5S2. The highest BCUT2D eigenvalue weighted by Gasteiger charge is 2.44. The second kappa shape index (κ2) is 9.77. The molecule has 0 amide bonds. The molecule has 2 aromatic carbocycles. The van der Waals surface area contributed by atoms with Gasteiger partial charge in [0.15, 0.2) is 9.84 Å². The molecule has 0 fully saturated rings. The van der Waals surface area contributed by atoms with Crippen LogP contribution in [0.5, 0.6) is 5.75 Å². The zero-order valence-corrected chi connectivity index (χ0v) is 20.7. The minimum atomic E-state index is -3.75. The molecule has 1 aliphatic heterocycles. The van der Waals surface area contributed by atoms with Crippen molar-refractivity contribution >= 4 is 38.9 Å². The number of carboxylic acid groups (broad SMARTS) is 1. The van der Waals surface area contributed by atoms with E-state index in [0.29, 0.717) is 29.8 Å². The van der Waals surface area contributed by atoms with E-state index in [4.69, 9.17) is 9.84 Å². The minimum Gasteiger partial charge on any atom is -0.476 e. The Labute approximate surface area is 198 Å². The Morgan fingerprint density at radius 3 is 2.52 bits per heavy atom. The molecule has 1 atom stereocenters. The van der Waals surface area contributed by atoms with E-state index in [-0.39, 0.29) is 22.3 Å². The second-order valence-electron chi connectivity index (χ2n) is 8.41. The van der Waals surface area contributed by atoms with Crippen molar-refractivity contribution in [1.82, 2.24) is 0 Å². The van der Waals surface area contributed by atoms with Gasteiger partial charge in [-0.05, 0) is 36.8 Å². The summed E-state index contributed by atoms with van der Waals surface area (Å²) in [6.45, 7) is 6.61. The lowest BCUT2D eigenvalue weighted by atomic mass is 9.76. The number of fused-ring (bicyclic) bond motifs is 1. The number of sulfone groups is 1. The van der Waals surface area contributed by atoms with Gasteiger partial charge in [0.25, 0.3) is 0 Å². The molecule has 2 aromatic rings. The number of para-hydroxylation sites is 1. The second-order valence-corrected chi connectivity index (χ2v) is 11.2. The molecule has 0 radical (unpaired) electrons. The highest BCUT2D eigenvalue weighted by molar-refractivity contribution is 7.98. The number of nitrogens with zero attached hydrogens (tertiary/aromatic N) is 1. The van der Waals surface area contributed by atoms with Gasteiger partial charge < -0.3 is 14.7 Å². The van der Waals surface area contributed by atoms with Gasteiger partial charge in [-0.2, -0.15) is 4.39 Å². The monoisotopic (exact) mass is 493 g/mol. The average molecular weight is 494 g/mol. The first-order valence-electron chi connectivity index (χ1n) is 10.6. The van der Waals surface area contributed by atoms with E-state index in [1.807, 2.05) is 56.0 Å². The molecule has 1 N–H and O–H groups in total. The maximum absolute atomic E-state index is 13.7. The van der Waals surface area contributed by atoms with Crippen molar-refractivity contribution in [2.75, 3.05) is 23.5 Å². The summed E-state index contributed by atoms with van der Waals surface area (Å²) in [6.07, 6.45) is 2.94. The standard InChI is InChI=1S/C24H28FNO5S2/c1-5-24(16(2)3)14-26(17-9-7-6-8-10-17)19-11-21(32-4)20(31-13-18(25)23(27)28)12-22(19)33(29,30)15-24/h6-13,16H,5,14-15H2,1-4H3,(H,27,28)/b18-13-. The fraction of sp³-hybridized carbons (Fsp3) is 0.375. The van der Waals surface area contributed by atoms with Crippen molar-refractivity contribution in [2.45, 2.75) is 37.0 Å². The first-order chi connectivity index (χ1) is 15.5. The lowest BCUT2D eigenvalue weighted by Crippen LogP contribution is -2.41. The number of hydrogen-bond donors (Lipinski definition) is 1. The molecule has 0 spiro atoms. The van der Waals surface area contributed by atoms with Crippen LogP contribution in [0.25, 0.3) is 0 Å². The maximum Gasteiger partial charge on any atom is 0.368 e. The van der Waals surface area contributed by atoms with Crippen LogP contribution in [0.4, 0.5) is 15.8 Å². The highest BCUT2D eigenvalue weighted by Crippen LogP contribution is 2.47. The van der Waals surface area contributed by atoms with Gasteiger partial charge in [-0.1, -0.05) is 39.0 Å². The van der Waals surface area contributed by atoms with E-state index in [1.165, 1.54) is 17.8 Å². The zero-order chi connectivity index (χ0) is 24.4. The molecule has 0 saturated heterocycles. The Bertz CT molecular complexity index is 1160. The largest absolute Gasteiger partial charge is 0.476 e. The molecule has 33 heavy (non-hydrogen) atoms. The summed E-state index contributed by atoms with van der Waals surface area (Å²) in [6, 6.07) is 12.7. The van der Waals surface area contributed by atoms with Gasteiger partial charge in [-0.3, -0.25) is 0 Å². The molecule has 9 heteroatoms. The third-order valence-corrected chi connectivity index (χ3v) is 9.02. The number of halogens is 1. The SMILES string of the molecule is CCC1(C(C)C)CN(c2ccccc2)c2cc(SC)c(O/C=C(\F)C(=O)O)cc2S(=O)(=O)C1. The summed E-state index contributed by atoms with van der Waals surface area (Å²) in [7, 11) is -3.75. The first-order valence-corrected chi connectivity index (χ1v) is 13.5. The van der Waals surface area contributed by atoms with E-state index in [2.05, 4.69) is 0 Å². The normalized spacial score (nSPS) is 20.3. The Balaban J connectivity index is 2.28. The van der Waals surface area contributed by atoms with Gasteiger partial charge in [-0.25, -0.2) is 13.2 Å². The van der Waals surface area contributed by atoms with Crippen LogP contribution >= 0.6 is 11.8 Å². The average Bonchev–Trinajstić information content (AvgIpc) is 2.89. The van der Waals surface area contributed by atoms with Crippen molar-refractivity contribution < 1.29 is 27.4 Å². The molecule has 0 saturated carbocycles. The van der Waals surface area contributed by atoms with Gasteiger partial charge in [0.2, 0.25) is 5.83 Å².